The Morgan fingerprint density at radius 1 is 1.21 bits per heavy atom. The quantitative estimate of drug-likeness (QED) is 0.839. The fourth-order valence-electron chi connectivity index (χ4n) is 2.78. The van der Waals surface area contributed by atoms with Crippen LogP contribution in [0.25, 0.3) is 0 Å². The third-order valence-electron chi connectivity index (χ3n) is 3.79. The molecular formula is C15H25N3S. The predicted octanol–water partition coefficient (Wildman–Crippen LogP) is 2.40. The first-order valence-electron chi connectivity index (χ1n) is 7.13. The van der Waals surface area contributed by atoms with Gasteiger partial charge in [-0.3, -0.25) is 4.90 Å². The summed E-state index contributed by atoms with van der Waals surface area (Å²) < 4.78 is 0. The Hall–Kier alpha value is -0.710. The first kappa shape index (κ1) is 14.7. The molecule has 0 radical (unpaired) electrons. The average molecular weight is 279 g/mol. The normalized spacial score (nSPS) is 16.9. The summed E-state index contributed by atoms with van der Waals surface area (Å²) in [4.78, 5) is 6.36. The molecule has 1 aromatic carbocycles. The van der Waals surface area contributed by atoms with Gasteiger partial charge in [0, 0.05) is 48.9 Å². The molecule has 3 nitrogen and oxygen atoms in total. The number of piperazine rings is 1. The topological polar surface area (TPSA) is 32.5 Å². The largest absolute Gasteiger partial charge is 0.369 e. The summed E-state index contributed by atoms with van der Waals surface area (Å²) >= 11 is 1.79. The number of hydrogen-bond donors (Lipinski definition) is 1. The van der Waals surface area contributed by atoms with Gasteiger partial charge in [0.15, 0.2) is 0 Å². The van der Waals surface area contributed by atoms with Crippen molar-refractivity contribution < 1.29 is 0 Å². The maximum absolute atomic E-state index is 5.96. The molecule has 0 spiro atoms. The second kappa shape index (κ2) is 7.17. The Morgan fingerprint density at radius 2 is 1.95 bits per heavy atom. The maximum Gasteiger partial charge on any atom is 0.0423 e. The van der Waals surface area contributed by atoms with E-state index < -0.39 is 0 Å². The van der Waals surface area contributed by atoms with Crippen LogP contribution in [0.2, 0.25) is 0 Å². The maximum atomic E-state index is 5.96. The van der Waals surface area contributed by atoms with E-state index in [1.54, 1.807) is 11.8 Å². The summed E-state index contributed by atoms with van der Waals surface area (Å²) in [6.07, 6.45) is 3.37. The Balaban J connectivity index is 2.11. The average Bonchev–Trinajstić information content (AvgIpc) is 2.47. The van der Waals surface area contributed by atoms with E-state index in [1.165, 1.54) is 42.2 Å². The van der Waals surface area contributed by atoms with Crippen LogP contribution in [0.5, 0.6) is 0 Å². The van der Waals surface area contributed by atoms with Crippen LogP contribution in [-0.4, -0.2) is 43.9 Å². The smallest absolute Gasteiger partial charge is 0.0423 e. The fraction of sp³-hybridized carbons (Fsp3) is 0.600. The van der Waals surface area contributed by atoms with Gasteiger partial charge in [0.25, 0.3) is 0 Å². The minimum Gasteiger partial charge on any atom is -0.369 e. The van der Waals surface area contributed by atoms with Crippen molar-refractivity contribution >= 4 is 17.4 Å². The lowest BCUT2D eigenvalue weighted by Gasteiger charge is -2.37. The Labute approximate surface area is 121 Å². The Bertz CT molecular complexity index is 400. The third kappa shape index (κ3) is 3.44. The van der Waals surface area contributed by atoms with Crippen LogP contribution in [-0.2, 0) is 6.54 Å². The van der Waals surface area contributed by atoms with Crippen LogP contribution < -0.4 is 10.6 Å². The molecule has 1 saturated heterocycles. The zero-order valence-corrected chi connectivity index (χ0v) is 12.9. The molecule has 0 amide bonds. The van der Waals surface area contributed by atoms with Gasteiger partial charge in [0.1, 0.15) is 0 Å². The molecule has 0 aliphatic carbocycles. The third-order valence-corrected chi connectivity index (χ3v) is 4.61. The van der Waals surface area contributed by atoms with E-state index in [-0.39, 0.29) is 0 Å². The predicted molar refractivity (Wildman–Crippen MR) is 85.1 cm³/mol. The van der Waals surface area contributed by atoms with Gasteiger partial charge in [-0.1, -0.05) is 13.0 Å². The van der Waals surface area contributed by atoms with E-state index in [0.29, 0.717) is 6.54 Å². The number of nitrogens with zero attached hydrogens (tertiary/aromatic N) is 2. The minimum absolute atomic E-state index is 0.627. The monoisotopic (exact) mass is 279 g/mol. The fourth-order valence-corrected chi connectivity index (χ4v) is 3.42. The van der Waals surface area contributed by atoms with Crippen molar-refractivity contribution in [3.8, 4) is 0 Å². The molecule has 2 rings (SSSR count). The van der Waals surface area contributed by atoms with Crippen LogP contribution >= 0.6 is 11.8 Å². The highest BCUT2D eigenvalue weighted by Crippen LogP contribution is 2.29. The summed E-state index contributed by atoms with van der Waals surface area (Å²) in [5.41, 5.74) is 8.60. The molecule has 0 bridgehead atoms. The van der Waals surface area contributed by atoms with Gasteiger partial charge < -0.3 is 10.6 Å². The summed E-state index contributed by atoms with van der Waals surface area (Å²) in [6, 6.07) is 6.54. The zero-order valence-electron chi connectivity index (χ0n) is 12.1. The number of anilines is 1. The van der Waals surface area contributed by atoms with Crippen molar-refractivity contribution in [3.63, 3.8) is 0 Å². The first-order chi connectivity index (χ1) is 9.30. The zero-order chi connectivity index (χ0) is 13.7. The van der Waals surface area contributed by atoms with Crippen LogP contribution in [0.1, 0.15) is 18.9 Å². The molecule has 0 saturated carbocycles. The summed E-state index contributed by atoms with van der Waals surface area (Å²) in [5, 5.41) is 0. The van der Waals surface area contributed by atoms with Crippen LogP contribution in [0.3, 0.4) is 0 Å². The second-order valence-corrected chi connectivity index (χ2v) is 5.84. The molecule has 1 aliphatic heterocycles. The number of rotatable bonds is 5. The van der Waals surface area contributed by atoms with Crippen molar-refractivity contribution in [2.24, 2.45) is 5.73 Å². The van der Waals surface area contributed by atoms with Gasteiger partial charge >= 0.3 is 0 Å². The summed E-state index contributed by atoms with van der Waals surface area (Å²) in [5.74, 6) is 0. The summed E-state index contributed by atoms with van der Waals surface area (Å²) in [7, 11) is 0. The lowest BCUT2D eigenvalue weighted by molar-refractivity contribution is 0.258. The molecule has 106 valence electrons. The van der Waals surface area contributed by atoms with Crippen LogP contribution in [0, 0.1) is 0 Å². The van der Waals surface area contributed by atoms with E-state index in [1.807, 2.05) is 0 Å². The van der Waals surface area contributed by atoms with Crippen LogP contribution in [0.4, 0.5) is 5.69 Å². The molecular weight excluding hydrogens is 254 g/mol. The van der Waals surface area contributed by atoms with Crippen molar-refractivity contribution in [2.45, 2.75) is 24.8 Å². The molecule has 1 fully saturated rings. The van der Waals surface area contributed by atoms with E-state index in [2.05, 4.69) is 41.2 Å². The first-order valence-corrected chi connectivity index (χ1v) is 8.35. The number of hydrogen-bond acceptors (Lipinski definition) is 4. The Morgan fingerprint density at radius 3 is 2.53 bits per heavy atom. The molecule has 19 heavy (non-hydrogen) atoms. The van der Waals surface area contributed by atoms with Gasteiger partial charge in [0.2, 0.25) is 0 Å². The lowest BCUT2D eigenvalue weighted by Crippen LogP contribution is -2.46. The Kier molecular flexibility index (Phi) is 5.55. The van der Waals surface area contributed by atoms with E-state index in [0.717, 1.165) is 13.1 Å². The molecule has 2 N–H and O–H groups in total. The number of nitrogens with two attached hydrogens (primary N) is 1. The van der Waals surface area contributed by atoms with Crippen LogP contribution in [0.15, 0.2) is 23.1 Å². The van der Waals surface area contributed by atoms with Crippen molar-refractivity contribution in [3.05, 3.63) is 23.8 Å². The van der Waals surface area contributed by atoms with Crippen molar-refractivity contribution in [2.75, 3.05) is 43.9 Å². The molecule has 1 heterocycles. The molecule has 0 unspecified atom stereocenters. The highest BCUT2D eigenvalue weighted by molar-refractivity contribution is 7.98. The van der Waals surface area contributed by atoms with Gasteiger partial charge in [-0.05, 0) is 31.4 Å². The number of thioether (sulfide) groups is 1. The van der Waals surface area contributed by atoms with E-state index >= 15 is 0 Å². The lowest BCUT2D eigenvalue weighted by atomic mass is 10.1. The highest BCUT2D eigenvalue weighted by atomic mass is 32.2. The molecule has 0 atom stereocenters. The number of benzene rings is 1. The highest BCUT2D eigenvalue weighted by Gasteiger charge is 2.19. The van der Waals surface area contributed by atoms with Gasteiger partial charge in [-0.15, -0.1) is 11.8 Å². The molecule has 0 aromatic heterocycles. The van der Waals surface area contributed by atoms with Gasteiger partial charge in [-0.2, -0.15) is 0 Å². The van der Waals surface area contributed by atoms with Gasteiger partial charge in [-0.25, -0.2) is 0 Å². The second-order valence-electron chi connectivity index (χ2n) is 4.99. The van der Waals surface area contributed by atoms with Crippen molar-refractivity contribution in [1.29, 1.82) is 0 Å². The van der Waals surface area contributed by atoms with Gasteiger partial charge in [0.05, 0.1) is 0 Å². The molecule has 1 aliphatic rings. The van der Waals surface area contributed by atoms with Crippen molar-refractivity contribution in [1.82, 2.24) is 4.90 Å². The van der Waals surface area contributed by atoms with E-state index in [9.17, 15) is 0 Å². The minimum atomic E-state index is 0.627. The summed E-state index contributed by atoms with van der Waals surface area (Å²) in [6.45, 7) is 8.67. The molecule has 4 heteroatoms. The van der Waals surface area contributed by atoms with E-state index in [4.69, 9.17) is 5.73 Å². The SMILES string of the molecule is CCCN1CCN(c2cccc(SC)c2CN)CC1. The standard InChI is InChI=1S/C15H25N3S/c1-3-7-17-8-10-18(11-9-17)14-5-4-6-15(19-2)13(14)12-16/h4-6H,3,7-12,16H2,1-2H3. The molecule has 1 aromatic rings.